The zero-order valence-corrected chi connectivity index (χ0v) is 10.9. The van der Waals surface area contributed by atoms with Gasteiger partial charge in [0, 0.05) is 12.1 Å². The van der Waals surface area contributed by atoms with Gasteiger partial charge in [-0.2, -0.15) is 0 Å². The number of Topliss-reactive ketones (excluding diaryl/α,β-unsaturated/α-hetero) is 1. The number of hydrogen-bond acceptors (Lipinski definition) is 4. The smallest absolute Gasteiger partial charge is 0.318 e. The Hall–Kier alpha value is -2.17. The molecule has 1 aromatic rings. The minimum absolute atomic E-state index is 0.0352. The largest absolute Gasteiger partial charge is 0.468 e. The number of esters is 1. The summed E-state index contributed by atoms with van der Waals surface area (Å²) in [6.45, 7) is 1.95. The highest BCUT2D eigenvalue weighted by Gasteiger charge is 2.39. The molecule has 1 amide bonds. The van der Waals surface area contributed by atoms with Crippen molar-refractivity contribution in [2.75, 3.05) is 20.2 Å². The van der Waals surface area contributed by atoms with E-state index in [1.807, 2.05) is 13.0 Å². The summed E-state index contributed by atoms with van der Waals surface area (Å²) in [4.78, 5) is 36.7. The van der Waals surface area contributed by atoms with Crippen LogP contribution >= 0.6 is 0 Å². The minimum atomic E-state index is -0.848. The van der Waals surface area contributed by atoms with Crippen molar-refractivity contribution in [3.05, 3.63) is 35.4 Å². The molecular weight excluding hydrogens is 246 g/mol. The Kier molecular flexibility index (Phi) is 3.64. The number of nitrogens with zero attached hydrogens (tertiary/aromatic N) is 1. The zero-order chi connectivity index (χ0) is 14.0. The number of methoxy groups -OCH3 is 1. The second-order valence-corrected chi connectivity index (χ2v) is 4.60. The van der Waals surface area contributed by atoms with Gasteiger partial charge in [0.25, 0.3) is 5.91 Å². The van der Waals surface area contributed by atoms with E-state index in [-0.39, 0.29) is 24.8 Å². The van der Waals surface area contributed by atoms with E-state index in [0.717, 1.165) is 5.56 Å². The molecule has 5 nitrogen and oxygen atoms in total. The van der Waals surface area contributed by atoms with E-state index in [4.69, 9.17) is 0 Å². The number of hydrogen-bond donors (Lipinski definition) is 0. The van der Waals surface area contributed by atoms with Crippen LogP contribution < -0.4 is 0 Å². The summed E-state index contributed by atoms with van der Waals surface area (Å²) in [6, 6.07) is 7.14. The molecule has 0 spiro atoms. The van der Waals surface area contributed by atoms with Crippen LogP contribution in [0.4, 0.5) is 0 Å². The molecule has 0 radical (unpaired) electrons. The highest BCUT2D eigenvalue weighted by molar-refractivity contribution is 6.06. The topological polar surface area (TPSA) is 63.7 Å². The molecule has 19 heavy (non-hydrogen) atoms. The lowest BCUT2D eigenvalue weighted by Gasteiger charge is -2.15. The first-order valence-corrected chi connectivity index (χ1v) is 5.99. The second-order valence-electron chi connectivity index (χ2n) is 4.60. The normalized spacial score (nSPS) is 18.5. The number of ether oxygens (including phenoxy) is 1. The van der Waals surface area contributed by atoms with E-state index in [9.17, 15) is 14.4 Å². The van der Waals surface area contributed by atoms with Gasteiger partial charge < -0.3 is 9.64 Å². The summed E-state index contributed by atoms with van der Waals surface area (Å²) >= 11 is 0. The summed E-state index contributed by atoms with van der Waals surface area (Å²) in [6.07, 6.45) is 0. The van der Waals surface area contributed by atoms with Gasteiger partial charge in [0.1, 0.15) is 5.92 Å². The predicted molar refractivity (Wildman–Crippen MR) is 67.6 cm³/mol. The molecule has 100 valence electrons. The number of likely N-dealkylation sites (tertiary alicyclic amines) is 1. The van der Waals surface area contributed by atoms with E-state index in [0.29, 0.717) is 5.56 Å². The van der Waals surface area contributed by atoms with Crippen molar-refractivity contribution < 1.29 is 19.1 Å². The maximum atomic E-state index is 12.2. The Labute approximate surface area is 111 Å². The second kappa shape index (κ2) is 5.22. The minimum Gasteiger partial charge on any atom is -0.468 e. The lowest BCUT2D eigenvalue weighted by Crippen LogP contribution is -2.30. The molecule has 2 rings (SSSR count). The van der Waals surface area contributed by atoms with Crippen molar-refractivity contribution in [3.63, 3.8) is 0 Å². The van der Waals surface area contributed by atoms with Gasteiger partial charge >= 0.3 is 5.97 Å². The molecule has 0 aromatic heterocycles. The number of amides is 1. The molecule has 0 saturated carbocycles. The maximum absolute atomic E-state index is 12.2. The summed E-state index contributed by atoms with van der Waals surface area (Å²) in [5.41, 5.74) is 1.50. The predicted octanol–water partition coefficient (Wildman–Crippen LogP) is 0.809. The van der Waals surface area contributed by atoms with Gasteiger partial charge in [-0.15, -0.1) is 0 Å². The SMILES string of the molecule is COC(=O)C1CN(C(=O)c2cccc(C)c2)CC1=O. The van der Waals surface area contributed by atoms with Crippen molar-refractivity contribution in [2.45, 2.75) is 6.92 Å². The number of benzene rings is 1. The molecule has 1 unspecified atom stereocenters. The maximum Gasteiger partial charge on any atom is 0.318 e. The van der Waals surface area contributed by atoms with E-state index in [1.54, 1.807) is 18.2 Å². The molecule has 0 aliphatic carbocycles. The van der Waals surface area contributed by atoms with Gasteiger partial charge in [-0.3, -0.25) is 14.4 Å². The first-order valence-electron chi connectivity index (χ1n) is 5.99. The molecule has 1 heterocycles. The molecule has 1 saturated heterocycles. The van der Waals surface area contributed by atoms with Gasteiger partial charge in [0.2, 0.25) is 0 Å². The molecule has 1 aliphatic rings. The van der Waals surface area contributed by atoms with Gasteiger partial charge in [-0.05, 0) is 19.1 Å². The van der Waals surface area contributed by atoms with Crippen molar-refractivity contribution in [2.24, 2.45) is 5.92 Å². The number of aryl methyl sites for hydroxylation is 1. The molecule has 1 aliphatic heterocycles. The van der Waals surface area contributed by atoms with Gasteiger partial charge in [0.05, 0.1) is 13.7 Å². The van der Waals surface area contributed by atoms with Crippen LogP contribution in [0.1, 0.15) is 15.9 Å². The van der Waals surface area contributed by atoms with Gasteiger partial charge in [-0.1, -0.05) is 17.7 Å². The van der Waals surface area contributed by atoms with E-state index >= 15 is 0 Å². The fourth-order valence-electron chi connectivity index (χ4n) is 2.15. The van der Waals surface area contributed by atoms with Crippen molar-refractivity contribution in [1.29, 1.82) is 0 Å². The van der Waals surface area contributed by atoms with Crippen LogP contribution in [0.25, 0.3) is 0 Å². The summed E-state index contributed by atoms with van der Waals surface area (Å²) in [5.74, 6) is -1.93. The van der Waals surface area contributed by atoms with E-state index < -0.39 is 11.9 Å². The monoisotopic (exact) mass is 261 g/mol. The Morgan fingerprint density at radius 2 is 2.11 bits per heavy atom. The third-order valence-corrected chi connectivity index (χ3v) is 3.18. The fraction of sp³-hybridized carbons (Fsp3) is 0.357. The van der Waals surface area contributed by atoms with Crippen LogP contribution in [0.3, 0.4) is 0 Å². The Balaban J connectivity index is 2.14. The molecular formula is C14H15NO4. The lowest BCUT2D eigenvalue weighted by molar-refractivity contribution is -0.147. The lowest BCUT2D eigenvalue weighted by atomic mass is 10.1. The first-order chi connectivity index (χ1) is 9.02. The average molecular weight is 261 g/mol. The Morgan fingerprint density at radius 3 is 2.74 bits per heavy atom. The first kappa shape index (κ1) is 13.3. The van der Waals surface area contributed by atoms with E-state index in [2.05, 4.69) is 4.74 Å². The number of carbonyl (C=O) groups excluding carboxylic acids is 3. The van der Waals surface area contributed by atoms with Gasteiger partial charge in [0.15, 0.2) is 5.78 Å². The number of rotatable bonds is 2. The molecule has 1 aromatic carbocycles. The highest BCUT2D eigenvalue weighted by Crippen LogP contribution is 2.17. The fourth-order valence-corrected chi connectivity index (χ4v) is 2.15. The standard InChI is InChI=1S/C14H15NO4/c1-9-4-3-5-10(6-9)13(17)15-7-11(12(16)8-15)14(18)19-2/h3-6,11H,7-8H2,1-2H3. The number of ketones is 1. The van der Waals surface area contributed by atoms with Crippen molar-refractivity contribution in [3.8, 4) is 0 Å². The third kappa shape index (κ3) is 2.65. The van der Waals surface area contributed by atoms with Gasteiger partial charge in [-0.25, -0.2) is 0 Å². The molecule has 1 atom stereocenters. The summed E-state index contributed by atoms with van der Waals surface area (Å²) in [5, 5.41) is 0. The highest BCUT2D eigenvalue weighted by atomic mass is 16.5. The summed E-state index contributed by atoms with van der Waals surface area (Å²) in [7, 11) is 1.24. The summed E-state index contributed by atoms with van der Waals surface area (Å²) < 4.78 is 4.56. The quantitative estimate of drug-likeness (QED) is 0.584. The van der Waals surface area contributed by atoms with Crippen molar-refractivity contribution >= 4 is 17.7 Å². The van der Waals surface area contributed by atoms with Crippen molar-refractivity contribution in [1.82, 2.24) is 4.90 Å². The number of carbonyl (C=O) groups is 3. The van der Waals surface area contributed by atoms with Crippen LogP contribution in [0, 0.1) is 12.8 Å². The van der Waals surface area contributed by atoms with Crippen LogP contribution in [0.2, 0.25) is 0 Å². The van der Waals surface area contributed by atoms with Crippen LogP contribution in [0.5, 0.6) is 0 Å². The van der Waals surface area contributed by atoms with Crippen LogP contribution in [0.15, 0.2) is 24.3 Å². The molecule has 0 N–H and O–H groups in total. The van der Waals surface area contributed by atoms with E-state index in [1.165, 1.54) is 12.0 Å². The molecule has 5 heteroatoms. The van der Waals surface area contributed by atoms with Crippen LogP contribution in [-0.4, -0.2) is 42.8 Å². The zero-order valence-electron chi connectivity index (χ0n) is 10.9. The Morgan fingerprint density at radius 1 is 1.37 bits per heavy atom. The average Bonchev–Trinajstić information content (AvgIpc) is 2.79. The van der Waals surface area contributed by atoms with Crippen LogP contribution in [-0.2, 0) is 14.3 Å². The third-order valence-electron chi connectivity index (χ3n) is 3.18. The molecule has 1 fully saturated rings. The molecule has 0 bridgehead atoms. The Bertz CT molecular complexity index is 538.